The van der Waals surface area contributed by atoms with E-state index in [0.717, 1.165) is 25.9 Å². The van der Waals surface area contributed by atoms with Crippen molar-refractivity contribution < 1.29 is 9.53 Å². The minimum atomic E-state index is -0.590. The van der Waals surface area contributed by atoms with Gasteiger partial charge in [-0.1, -0.05) is 33.0 Å². The van der Waals surface area contributed by atoms with Crippen molar-refractivity contribution in [2.45, 2.75) is 40.0 Å². The Bertz CT molecular complexity index is 325. The molecule has 0 aliphatic heterocycles. The van der Waals surface area contributed by atoms with Crippen LogP contribution in [-0.4, -0.2) is 30.7 Å². The minimum Gasteiger partial charge on any atom is -0.392 e. The second-order valence-corrected chi connectivity index (χ2v) is 6.48. The van der Waals surface area contributed by atoms with Crippen LogP contribution in [0.15, 0.2) is 0 Å². The number of carbonyl (C=O) groups excluding carboxylic acids is 1. The van der Waals surface area contributed by atoms with Gasteiger partial charge < -0.3 is 15.8 Å². The van der Waals surface area contributed by atoms with Crippen molar-refractivity contribution in [3.8, 4) is 0 Å². The number of amides is 1. The van der Waals surface area contributed by atoms with Crippen LogP contribution < -0.4 is 11.1 Å². The fourth-order valence-corrected chi connectivity index (χ4v) is 2.75. The highest BCUT2D eigenvalue weighted by Gasteiger charge is 2.50. The van der Waals surface area contributed by atoms with E-state index in [1.54, 1.807) is 0 Å². The smallest absolute Gasteiger partial charge is 0.233 e. The van der Waals surface area contributed by atoms with Gasteiger partial charge in [-0.15, -0.1) is 0 Å². The molecule has 19 heavy (non-hydrogen) atoms. The molecule has 1 aliphatic carbocycles. The normalized spacial score (nSPS) is 26.0. The molecule has 0 saturated heterocycles. The second kappa shape index (κ2) is 7.20. The summed E-state index contributed by atoms with van der Waals surface area (Å²) >= 11 is 5.05. The summed E-state index contributed by atoms with van der Waals surface area (Å²) in [6, 6.07) is 0. The summed E-state index contributed by atoms with van der Waals surface area (Å²) in [6.45, 7) is 8.41. The third-order valence-corrected chi connectivity index (χ3v) is 3.89. The lowest BCUT2D eigenvalue weighted by Gasteiger charge is -2.44. The first-order chi connectivity index (χ1) is 8.88. The summed E-state index contributed by atoms with van der Waals surface area (Å²) in [5, 5.41) is 2.93. The molecular weight excluding hydrogens is 260 g/mol. The SMILES string of the molecule is CC(C)COCCCNC(=O)C1(C(N)=S)CC(C)C1. The van der Waals surface area contributed by atoms with Gasteiger partial charge in [-0.05, 0) is 31.1 Å². The maximum Gasteiger partial charge on any atom is 0.233 e. The van der Waals surface area contributed by atoms with Gasteiger partial charge >= 0.3 is 0 Å². The summed E-state index contributed by atoms with van der Waals surface area (Å²) in [5.41, 5.74) is 5.14. The molecule has 0 radical (unpaired) electrons. The van der Waals surface area contributed by atoms with Gasteiger partial charge in [-0.2, -0.15) is 0 Å². The number of carbonyl (C=O) groups is 1. The van der Waals surface area contributed by atoms with Crippen molar-refractivity contribution in [3.05, 3.63) is 0 Å². The lowest BCUT2D eigenvalue weighted by atomic mass is 9.62. The van der Waals surface area contributed by atoms with Gasteiger partial charge in [0.15, 0.2) is 0 Å². The van der Waals surface area contributed by atoms with Gasteiger partial charge in [0.25, 0.3) is 0 Å². The molecule has 3 N–H and O–H groups in total. The Kier molecular flexibility index (Phi) is 6.20. The van der Waals surface area contributed by atoms with Gasteiger partial charge in [-0.3, -0.25) is 4.79 Å². The number of hydrogen-bond acceptors (Lipinski definition) is 3. The Labute approximate surface area is 121 Å². The fraction of sp³-hybridized carbons (Fsp3) is 0.857. The van der Waals surface area contributed by atoms with Crippen LogP contribution in [0.3, 0.4) is 0 Å². The molecule has 4 nitrogen and oxygen atoms in total. The topological polar surface area (TPSA) is 64.3 Å². The van der Waals surface area contributed by atoms with Crippen molar-refractivity contribution in [2.75, 3.05) is 19.8 Å². The predicted octanol–water partition coefficient (Wildman–Crippen LogP) is 1.87. The molecule has 0 unspecified atom stereocenters. The quantitative estimate of drug-likeness (QED) is 0.528. The summed E-state index contributed by atoms with van der Waals surface area (Å²) in [7, 11) is 0. The van der Waals surface area contributed by atoms with Crippen molar-refractivity contribution in [1.29, 1.82) is 0 Å². The first kappa shape index (κ1) is 16.4. The maximum atomic E-state index is 12.2. The van der Waals surface area contributed by atoms with Gasteiger partial charge in [0, 0.05) is 19.8 Å². The number of thiocarbonyl (C=S) groups is 1. The zero-order valence-electron chi connectivity index (χ0n) is 12.2. The standard InChI is InChI=1S/C14H26N2O2S/c1-10(2)9-18-6-4-5-16-13(17)14(12(15)19)7-11(3)8-14/h10-11H,4-9H2,1-3H3,(H2,15,19)(H,16,17). The van der Waals surface area contributed by atoms with E-state index < -0.39 is 5.41 Å². The number of nitrogens with one attached hydrogen (secondary N) is 1. The van der Waals surface area contributed by atoms with Crippen LogP contribution in [0, 0.1) is 17.3 Å². The van der Waals surface area contributed by atoms with Gasteiger partial charge in [0.05, 0.1) is 10.4 Å². The Morgan fingerprint density at radius 3 is 2.63 bits per heavy atom. The monoisotopic (exact) mass is 286 g/mol. The van der Waals surface area contributed by atoms with Crippen LogP contribution in [0.25, 0.3) is 0 Å². The van der Waals surface area contributed by atoms with Crippen LogP contribution in [-0.2, 0) is 9.53 Å². The van der Waals surface area contributed by atoms with Gasteiger partial charge in [0.2, 0.25) is 5.91 Å². The molecule has 0 aromatic carbocycles. The van der Waals surface area contributed by atoms with E-state index in [-0.39, 0.29) is 5.91 Å². The Morgan fingerprint density at radius 1 is 1.53 bits per heavy atom. The first-order valence-electron chi connectivity index (χ1n) is 7.04. The van der Waals surface area contributed by atoms with Crippen molar-refractivity contribution in [1.82, 2.24) is 5.32 Å². The van der Waals surface area contributed by atoms with E-state index in [4.69, 9.17) is 22.7 Å². The molecule has 0 bridgehead atoms. The van der Waals surface area contributed by atoms with Crippen molar-refractivity contribution in [2.24, 2.45) is 23.0 Å². The fourth-order valence-electron chi connectivity index (χ4n) is 2.49. The van der Waals surface area contributed by atoms with Crippen LogP contribution in [0.1, 0.15) is 40.0 Å². The molecule has 1 saturated carbocycles. The summed E-state index contributed by atoms with van der Waals surface area (Å²) in [5.74, 6) is 1.06. The predicted molar refractivity (Wildman–Crippen MR) is 80.9 cm³/mol. The molecule has 0 aromatic heterocycles. The number of rotatable bonds is 8. The molecule has 0 aromatic rings. The largest absolute Gasteiger partial charge is 0.392 e. The molecule has 0 atom stereocenters. The minimum absolute atomic E-state index is 0.0121. The van der Waals surface area contributed by atoms with Gasteiger partial charge in [-0.25, -0.2) is 0 Å². The van der Waals surface area contributed by atoms with E-state index in [2.05, 4.69) is 26.1 Å². The van der Waals surface area contributed by atoms with Crippen LogP contribution in [0.5, 0.6) is 0 Å². The van der Waals surface area contributed by atoms with Crippen LogP contribution in [0.2, 0.25) is 0 Å². The van der Waals surface area contributed by atoms with E-state index in [9.17, 15) is 4.79 Å². The number of ether oxygens (including phenoxy) is 1. The zero-order valence-corrected chi connectivity index (χ0v) is 13.0. The van der Waals surface area contributed by atoms with Crippen molar-refractivity contribution in [3.63, 3.8) is 0 Å². The molecule has 1 amide bonds. The summed E-state index contributed by atoms with van der Waals surface area (Å²) in [6.07, 6.45) is 2.37. The highest BCUT2D eigenvalue weighted by Crippen LogP contribution is 2.45. The second-order valence-electron chi connectivity index (χ2n) is 6.04. The van der Waals surface area contributed by atoms with E-state index >= 15 is 0 Å². The first-order valence-corrected chi connectivity index (χ1v) is 7.45. The highest BCUT2D eigenvalue weighted by molar-refractivity contribution is 7.80. The summed E-state index contributed by atoms with van der Waals surface area (Å²) < 4.78 is 5.47. The molecule has 1 aliphatic rings. The van der Waals surface area contributed by atoms with E-state index in [1.165, 1.54) is 0 Å². The molecule has 0 heterocycles. The lowest BCUT2D eigenvalue weighted by molar-refractivity contribution is -0.132. The average Bonchev–Trinajstić information content (AvgIpc) is 2.28. The molecule has 1 fully saturated rings. The van der Waals surface area contributed by atoms with E-state index in [0.29, 0.717) is 30.0 Å². The van der Waals surface area contributed by atoms with E-state index in [1.807, 2.05) is 0 Å². The maximum absolute atomic E-state index is 12.2. The highest BCUT2D eigenvalue weighted by atomic mass is 32.1. The molecule has 1 rings (SSSR count). The summed E-state index contributed by atoms with van der Waals surface area (Å²) in [4.78, 5) is 12.5. The van der Waals surface area contributed by atoms with Crippen LogP contribution >= 0.6 is 12.2 Å². The van der Waals surface area contributed by atoms with Crippen molar-refractivity contribution >= 4 is 23.1 Å². The molecular formula is C14H26N2O2S. The third kappa shape index (κ3) is 4.42. The zero-order chi connectivity index (χ0) is 14.5. The number of hydrogen-bond donors (Lipinski definition) is 2. The Hall–Kier alpha value is -0.680. The van der Waals surface area contributed by atoms with Crippen LogP contribution in [0.4, 0.5) is 0 Å². The average molecular weight is 286 g/mol. The number of nitrogens with two attached hydrogens (primary N) is 1. The molecule has 110 valence electrons. The molecule has 0 spiro atoms. The Morgan fingerprint density at radius 2 is 2.16 bits per heavy atom. The lowest BCUT2D eigenvalue weighted by Crippen LogP contribution is -2.56. The Balaban J connectivity index is 2.22. The van der Waals surface area contributed by atoms with Gasteiger partial charge in [0.1, 0.15) is 0 Å². The third-order valence-electron chi connectivity index (χ3n) is 3.50. The molecule has 5 heteroatoms.